The Balaban J connectivity index is 1.08. The lowest BCUT2D eigenvalue weighted by molar-refractivity contribution is 0.0783. The van der Waals surface area contributed by atoms with Gasteiger partial charge in [-0.25, -0.2) is 19.7 Å². The topological polar surface area (TPSA) is 107 Å². The van der Waals surface area contributed by atoms with Crippen molar-refractivity contribution in [2.75, 3.05) is 18.4 Å². The molecule has 2 atom stereocenters. The number of carbonyl (C=O) groups is 1. The lowest BCUT2D eigenvalue weighted by Crippen LogP contribution is -2.48. The standard InChI is InChI=1S/C40H41N7O3/c1-27-23-32(25-47(24-27)40(48)49-26-29-9-5-4-6-10-29)43-39-42-21-18-36(44-39)35-13-8-20-41-38(35)50-37-28(2)14-17-33-30(11-7-12-34(33)37)15-16-31-19-22-46(3)45-31/h4-14,17-22,27,32H,15-16,23-26H2,1-3H3,(H,42,43,44)/t27-,32+/m1/s1. The summed E-state index contributed by atoms with van der Waals surface area (Å²) in [6.07, 6.45) is 7.73. The van der Waals surface area contributed by atoms with Crippen LogP contribution in [-0.2, 0) is 31.2 Å². The minimum absolute atomic E-state index is 0.0342. The maximum Gasteiger partial charge on any atom is 0.410 e. The number of anilines is 1. The van der Waals surface area contributed by atoms with Gasteiger partial charge in [-0.05, 0) is 78.4 Å². The zero-order chi connectivity index (χ0) is 34.5. The molecular formula is C40H41N7O3. The summed E-state index contributed by atoms with van der Waals surface area (Å²) in [5, 5.41) is 10.2. The first-order valence-electron chi connectivity index (χ1n) is 17.1. The largest absolute Gasteiger partial charge is 0.445 e. The van der Waals surface area contributed by atoms with E-state index in [9.17, 15) is 4.79 Å². The molecule has 1 amide bonds. The maximum absolute atomic E-state index is 13.0. The van der Waals surface area contributed by atoms with Crippen LogP contribution >= 0.6 is 0 Å². The number of carbonyl (C=O) groups excluding carboxylic acids is 1. The molecule has 0 spiro atoms. The van der Waals surface area contributed by atoms with Crippen LogP contribution in [-0.4, -0.2) is 54.9 Å². The van der Waals surface area contributed by atoms with Crippen molar-refractivity contribution in [3.8, 4) is 22.9 Å². The van der Waals surface area contributed by atoms with Crippen LogP contribution in [0.4, 0.5) is 10.7 Å². The van der Waals surface area contributed by atoms with Crippen molar-refractivity contribution in [3.63, 3.8) is 0 Å². The summed E-state index contributed by atoms with van der Waals surface area (Å²) in [5.41, 5.74) is 5.72. The van der Waals surface area contributed by atoms with Crippen LogP contribution < -0.4 is 10.1 Å². The number of fused-ring (bicyclic) bond motifs is 1. The number of pyridine rings is 1. The average molecular weight is 668 g/mol. The smallest absolute Gasteiger partial charge is 0.410 e. The summed E-state index contributed by atoms with van der Waals surface area (Å²) in [5.74, 6) is 2.00. The number of nitrogens with one attached hydrogen (secondary N) is 1. The summed E-state index contributed by atoms with van der Waals surface area (Å²) < 4.78 is 14.1. The van der Waals surface area contributed by atoms with Crippen LogP contribution in [0.15, 0.2) is 104 Å². The molecule has 0 unspecified atom stereocenters. The van der Waals surface area contributed by atoms with E-state index in [4.69, 9.17) is 14.5 Å². The van der Waals surface area contributed by atoms with Gasteiger partial charge in [0.2, 0.25) is 11.8 Å². The van der Waals surface area contributed by atoms with Gasteiger partial charge in [-0.1, -0.05) is 67.6 Å². The minimum atomic E-state index is -0.317. The van der Waals surface area contributed by atoms with E-state index in [1.165, 1.54) is 5.56 Å². The van der Waals surface area contributed by atoms with Crippen molar-refractivity contribution in [2.24, 2.45) is 13.0 Å². The molecule has 10 heteroatoms. The number of amides is 1. The molecule has 0 radical (unpaired) electrons. The summed E-state index contributed by atoms with van der Waals surface area (Å²) in [6, 6.07) is 28.1. The van der Waals surface area contributed by atoms with Crippen LogP contribution in [0.3, 0.4) is 0 Å². The summed E-state index contributed by atoms with van der Waals surface area (Å²) >= 11 is 0. The second-order valence-electron chi connectivity index (χ2n) is 13.1. The molecular weight excluding hydrogens is 626 g/mol. The van der Waals surface area contributed by atoms with E-state index in [1.807, 2.05) is 66.5 Å². The highest BCUT2D eigenvalue weighted by Gasteiger charge is 2.29. The predicted octanol–water partition coefficient (Wildman–Crippen LogP) is 7.77. The van der Waals surface area contributed by atoms with Gasteiger partial charge < -0.3 is 19.7 Å². The van der Waals surface area contributed by atoms with Gasteiger partial charge in [-0.2, -0.15) is 5.10 Å². The normalized spacial score (nSPS) is 15.9. The lowest BCUT2D eigenvalue weighted by Gasteiger charge is -2.36. The number of nitrogens with zero attached hydrogens (tertiary/aromatic N) is 6. The second-order valence-corrected chi connectivity index (χ2v) is 13.1. The first kappa shape index (κ1) is 32.8. The fourth-order valence-corrected chi connectivity index (χ4v) is 6.66. The van der Waals surface area contributed by atoms with Gasteiger partial charge in [0.05, 0.1) is 17.0 Å². The van der Waals surface area contributed by atoms with Crippen LogP contribution in [0.5, 0.6) is 11.6 Å². The third kappa shape index (κ3) is 7.59. The average Bonchev–Trinajstić information content (AvgIpc) is 3.56. The number of likely N-dealkylation sites (tertiary alicyclic amines) is 1. The van der Waals surface area contributed by atoms with Gasteiger partial charge in [-0.3, -0.25) is 4.68 Å². The molecule has 3 aromatic heterocycles. The van der Waals surface area contributed by atoms with Crippen molar-refractivity contribution in [1.82, 2.24) is 29.6 Å². The quantitative estimate of drug-likeness (QED) is 0.158. The highest BCUT2D eigenvalue weighted by atomic mass is 16.6. The molecule has 0 aliphatic carbocycles. The van der Waals surface area contributed by atoms with E-state index < -0.39 is 0 Å². The number of hydrogen-bond donors (Lipinski definition) is 1. The van der Waals surface area contributed by atoms with E-state index in [0.717, 1.165) is 58.2 Å². The third-order valence-corrected chi connectivity index (χ3v) is 9.08. The Kier molecular flexibility index (Phi) is 9.68. The zero-order valence-electron chi connectivity index (χ0n) is 28.6. The Morgan fingerprint density at radius 2 is 1.78 bits per heavy atom. The summed E-state index contributed by atoms with van der Waals surface area (Å²) in [7, 11) is 1.94. The molecule has 1 fully saturated rings. The van der Waals surface area contributed by atoms with Gasteiger partial charge >= 0.3 is 6.09 Å². The summed E-state index contributed by atoms with van der Waals surface area (Å²) in [4.78, 5) is 28.8. The number of hydrogen-bond acceptors (Lipinski definition) is 8. The monoisotopic (exact) mass is 667 g/mol. The highest BCUT2D eigenvalue weighted by Crippen LogP contribution is 2.38. The molecule has 3 aromatic carbocycles. The van der Waals surface area contributed by atoms with Crippen molar-refractivity contribution in [1.29, 1.82) is 0 Å². The lowest BCUT2D eigenvalue weighted by atomic mass is 9.96. The van der Waals surface area contributed by atoms with E-state index in [0.29, 0.717) is 30.6 Å². The molecule has 1 saturated heterocycles. The van der Waals surface area contributed by atoms with Crippen molar-refractivity contribution < 1.29 is 14.3 Å². The number of aryl methyl sites for hydroxylation is 4. The van der Waals surface area contributed by atoms with Gasteiger partial charge in [0.15, 0.2) is 0 Å². The SMILES string of the molecule is Cc1ccc2c(CCc3ccn(C)n3)cccc2c1Oc1ncccc1-c1ccnc(N[C@H]2C[C@@H](C)CN(C(=O)OCc3ccccc3)C2)n1. The summed E-state index contributed by atoms with van der Waals surface area (Å²) in [6.45, 7) is 5.57. The van der Waals surface area contributed by atoms with Crippen molar-refractivity contribution in [2.45, 2.75) is 45.8 Å². The van der Waals surface area contributed by atoms with Crippen LogP contribution in [0, 0.1) is 12.8 Å². The third-order valence-electron chi connectivity index (χ3n) is 9.08. The fourth-order valence-electron chi connectivity index (χ4n) is 6.66. The Morgan fingerprint density at radius 1 is 0.900 bits per heavy atom. The number of rotatable bonds is 10. The van der Waals surface area contributed by atoms with E-state index in [2.05, 4.69) is 70.6 Å². The molecule has 10 nitrogen and oxygen atoms in total. The van der Waals surface area contributed by atoms with E-state index in [-0.39, 0.29) is 24.7 Å². The fraction of sp³-hybridized carbons (Fsp3) is 0.275. The van der Waals surface area contributed by atoms with Gasteiger partial charge in [-0.15, -0.1) is 0 Å². The second kappa shape index (κ2) is 14.8. The number of piperidine rings is 1. The van der Waals surface area contributed by atoms with E-state index >= 15 is 0 Å². The van der Waals surface area contributed by atoms with Gasteiger partial charge in [0, 0.05) is 50.2 Å². The Hall–Kier alpha value is -5.77. The molecule has 7 rings (SSSR count). The number of benzene rings is 3. The van der Waals surface area contributed by atoms with Crippen LogP contribution in [0.1, 0.15) is 35.7 Å². The van der Waals surface area contributed by atoms with Crippen LogP contribution in [0.2, 0.25) is 0 Å². The number of aromatic nitrogens is 5. The zero-order valence-corrected chi connectivity index (χ0v) is 28.6. The maximum atomic E-state index is 13.0. The molecule has 0 bridgehead atoms. The van der Waals surface area contributed by atoms with Gasteiger partial charge in [0.25, 0.3) is 0 Å². The predicted molar refractivity (Wildman–Crippen MR) is 194 cm³/mol. The minimum Gasteiger partial charge on any atom is -0.445 e. The van der Waals surface area contributed by atoms with Crippen molar-refractivity contribution >= 4 is 22.8 Å². The molecule has 6 aromatic rings. The molecule has 4 heterocycles. The molecule has 0 saturated carbocycles. The highest BCUT2D eigenvalue weighted by molar-refractivity contribution is 5.92. The first-order chi connectivity index (χ1) is 24.4. The molecule has 1 aliphatic rings. The number of ether oxygens (including phenoxy) is 2. The van der Waals surface area contributed by atoms with E-state index in [1.54, 1.807) is 17.3 Å². The van der Waals surface area contributed by atoms with Gasteiger partial charge in [0.1, 0.15) is 12.4 Å². The molecule has 50 heavy (non-hydrogen) atoms. The molecule has 254 valence electrons. The van der Waals surface area contributed by atoms with Crippen LogP contribution in [0.25, 0.3) is 22.0 Å². The molecule has 1 aliphatic heterocycles. The molecule has 1 N–H and O–H groups in total. The Labute approximate surface area is 292 Å². The Bertz CT molecular complexity index is 2100. The Morgan fingerprint density at radius 3 is 2.62 bits per heavy atom. The first-order valence-corrected chi connectivity index (χ1v) is 17.1. The van der Waals surface area contributed by atoms with Crippen molar-refractivity contribution in [3.05, 3.63) is 126 Å².